The molecule has 3 rings (SSSR count). The summed E-state index contributed by atoms with van der Waals surface area (Å²) in [5, 5.41) is 9.02. The van der Waals surface area contributed by atoms with E-state index in [1.807, 2.05) is 19.1 Å². The summed E-state index contributed by atoms with van der Waals surface area (Å²) in [5.41, 5.74) is 2.48. The second-order valence-electron chi connectivity index (χ2n) is 5.55. The summed E-state index contributed by atoms with van der Waals surface area (Å²) >= 11 is 0. The third-order valence-electron chi connectivity index (χ3n) is 3.69. The molecule has 1 aliphatic rings. The molecule has 2 N–H and O–H groups in total. The number of rotatable bonds is 3. The summed E-state index contributed by atoms with van der Waals surface area (Å²) in [6.07, 6.45) is 1.48. The van der Waals surface area contributed by atoms with Crippen molar-refractivity contribution in [3.8, 4) is 0 Å². The molecule has 1 aromatic carbocycles. The van der Waals surface area contributed by atoms with Gasteiger partial charge in [-0.3, -0.25) is 10.1 Å². The number of urea groups is 1. The van der Waals surface area contributed by atoms with E-state index in [1.54, 1.807) is 24.0 Å². The van der Waals surface area contributed by atoms with E-state index in [1.165, 1.54) is 0 Å². The minimum Gasteiger partial charge on any atom is -0.360 e. The fourth-order valence-electron chi connectivity index (χ4n) is 2.64. The quantitative estimate of drug-likeness (QED) is 0.911. The van der Waals surface area contributed by atoms with Crippen LogP contribution in [0.2, 0.25) is 0 Å². The number of aryl methyl sites for hydroxylation is 2. The lowest BCUT2D eigenvalue weighted by molar-refractivity contribution is -0.117. The topological polar surface area (TPSA) is 87.5 Å². The Bertz CT molecular complexity index is 754. The van der Waals surface area contributed by atoms with Crippen LogP contribution in [0.5, 0.6) is 0 Å². The monoisotopic (exact) mass is 314 g/mol. The van der Waals surface area contributed by atoms with Crippen LogP contribution in [0, 0.1) is 13.8 Å². The Morgan fingerprint density at radius 2 is 2.09 bits per heavy atom. The van der Waals surface area contributed by atoms with Gasteiger partial charge in [0.05, 0.1) is 0 Å². The first-order chi connectivity index (χ1) is 11.0. The molecule has 0 unspecified atom stereocenters. The number of nitrogens with one attached hydrogen (secondary N) is 2. The number of nitrogens with zero attached hydrogens (tertiary/aromatic N) is 2. The molecule has 1 aliphatic heterocycles. The average molecular weight is 314 g/mol. The molecule has 23 heavy (non-hydrogen) atoms. The van der Waals surface area contributed by atoms with E-state index < -0.39 is 6.03 Å². The van der Waals surface area contributed by atoms with E-state index >= 15 is 0 Å². The second kappa shape index (κ2) is 6.12. The van der Waals surface area contributed by atoms with Crippen LogP contribution in [0.4, 0.5) is 22.0 Å². The molecule has 0 saturated carbocycles. The zero-order chi connectivity index (χ0) is 16.4. The minimum absolute atomic E-state index is 0.146. The van der Waals surface area contributed by atoms with E-state index in [0.29, 0.717) is 23.7 Å². The molecule has 0 bridgehead atoms. The highest BCUT2D eigenvalue weighted by atomic mass is 16.5. The van der Waals surface area contributed by atoms with Gasteiger partial charge < -0.3 is 14.7 Å². The number of carbonyl (C=O) groups is 2. The van der Waals surface area contributed by atoms with Crippen molar-refractivity contribution in [2.24, 2.45) is 0 Å². The Labute approximate surface area is 133 Å². The third kappa shape index (κ3) is 3.33. The number of hydrogen-bond donors (Lipinski definition) is 2. The summed E-state index contributed by atoms with van der Waals surface area (Å²) in [4.78, 5) is 25.5. The van der Waals surface area contributed by atoms with Crippen LogP contribution < -0.4 is 15.5 Å². The molecular formula is C16H18N4O3. The average Bonchev–Trinajstić information content (AvgIpc) is 3.08. The smallest absolute Gasteiger partial charge is 0.324 e. The molecule has 0 aliphatic carbocycles. The standard InChI is InChI=1S/C16H18N4O3/c1-10-8-12(5-6-13(10)20-7-3-4-15(20)21)17-16(22)18-14-9-11(2)23-19-14/h5-6,8-9H,3-4,7H2,1-2H3,(H2,17,18,19,22). The van der Waals surface area contributed by atoms with E-state index in [0.717, 1.165) is 24.2 Å². The first-order valence-electron chi connectivity index (χ1n) is 7.45. The highest BCUT2D eigenvalue weighted by Crippen LogP contribution is 2.27. The van der Waals surface area contributed by atoms with E-state index in [2.05, 4.69) is 15.8 Å². The Kier molecular flexibility index (Phi) is 4.01. The lowest BCUT2D eigenvalue weighted by atomic mass is 10.1. The van der Waals surface area contributed by atoms with Crippen molar-refractivity contribution >= 4 is 29.1 Å². The van der Waals surface area contributed by atoms with Crippen LogP contribution in [0.25, 0.3) is 0 Å². The van der Waals surface area contributed by atoms with Gasteiger partial charge in [-0.1, -0.05) is 5.16 Å². The van der Waals surface area contributed by atoms with E-state index in [9.17, 15) is 9.59 Å². The van der Waals surface area contributed by atoms with Gasteiger partial charge in [-0.05, 0) is 44.0 Å². The predicted molar refractivity (Wildman–Crippen MR) is 86.6 cm³/mol. The molecule has 0 radical (unpaired) electrons. The Balaban J connectivity index is 1.68. The Morgan fingerprint density at radius 3 is 2.70 bits per heavy atom. The van der Waals surface area contributed by atoms with Gasteiger partial charge in [0.2, 0.25) is 5.91 Å². The third-order valence-corrected chi connectivity index (χ3v) is 3.69. The van der Waals surface area contributed by atoms with Crippen LogP contribution in [0.15, 0.2) is 28.8 Å². The van der Waals surface area contributed by atoms with Crippen LogP contribution in [-0.2, 0) is 4.79 Å². The maximum atomic E-state index is 11.9. The lowest BCUT2D eigenvalue weighted by Crippen LogP contribution is -2.24. The number of hydrogen-bond acceptors (Lipinski definition) is 4. The molecule has 0 atom stereocenters. The van der Waals surface area contributed by atoms with Crippen molar-refractivity contribution in [3.05, 3.63) is 35.6 Å². The van der Waals surface area contributed by atoms with Crippen molar-refractivity contribution in [1.82, 2.24) is 5.16 Å². The summed E-state index contributed by atoms with van der Waals surface area (Å²) < 4.78 is 4.89. The van der Waals surface area contributed by atoms with Crippen LogP contribution >= 0.6 is 0 Å². The molecule has 7 heteroatoms. The first kappa shape index (κ1) is 15.1. The first-order valence-corrected chi connectivity index (χ1v) is 7.45. The highest BCUT2D eigenvalue weighted by Gasteiger charge is 2.23. The zero-order valence-electron chi connectivity index (χ0n) is 13.0. The maximum Gasteiger partial charge on any atom is 0.324 e. The summed E-state index contributed by atoms with van der Waals surface area (Å²) in [6.45, 7) is 4.42. The number of aromatic nitrogens is 1. The van der Waals surface area contributed by atoms with Crippen LogP contribution in [0.1, 0.15) is 24.2 Å². The molecule has 120 valence electrons. The van der Waals surface area contributed by atoms with Gasteiger partial charge in [-0.2, -0.15) is 0 Å². The highest BCUT2D eigenvalue weighted by molar-refractivity contribution is 6.00. The van der Waals surface area contributed by atoms with Crippen LogP contribution in [0.3, 0.4) is 0 Å². The van der Waals surface area contributed by atoms with Gasteiger partial charge in [-0.25, -0.2) is 4.79 Å². The molecule has 2 heterocycles. The van der Waals surface area contributed by atoms with Crippen LogP contribution in [-0.4, -0.2) is 23.6 Å². The van der Waals surface area contributed by atoms with E-state index in [-0.39, 0.29) is 5.91 Å². The Hall–Kier alpha value is -2.83. The van der Waals surface area contributed by atoms with Crippen molar-refractivity contribution in [1.29, 1.82) is 0 Å². The van der Waals surface area contributed by atoms with Gasteiger partial charge in [0.1, 0.15) is 5.76 Å². The number of anilines is 3. The van der Waals surface area contributed by atoms with Crippen molar-refractivity contribution in [2.75, 3.05) is 22.1 Å². The van der Waals surface area contributed by atoms with Gasteiger partial charge in [0, 0.05) is 30.4 Å². The maximum absolute atomic E-state index is 11.9. The van der Waals surface area contributed by atoms with Gasteiger partial charge in [0.25, 0.3) is 0 Å². The second-order valence-corrected chi connectivity index (χ2v) is 5.55. The minimum atomic E-state index is -0.400. The molecule has 1 aromatic heterocycles. The van der Waals surface area contributed by atoms with Gasteiger partial charge in [-0.15, -0.1) is 0 Å². The molecule has 7 nitrogen and oxygen atoms in total. The van der Waals surface area contributed by atoms with Crippen molar-refractivity contribution < 1.29 is 14.1 Å². The molecule has 1 saturated heterocycles. The molecule has 0 spiro atoms. The normalized spacial score (nSPS) is 14.2. The molecular weight excluding hydrogens is 296 g/mol. The summed E-state index contributed by atoms with van der Waals surface area (Å²) in [7, 11) is 0. The summed E-state index contributed by atoms with van der Waals surface area (Å²) in [6, 6.07) is 6.71. The van der Waals surface area contributed by atoms with E-state index in [4.69, 9.17) is 4.52 Å². The number of amides is 3. The molecule has 2 aromatic rings. The van der Waals surface area contributed by atoms with Crippen molar-refractivity contribution in [3.63, 3.8) is 0 Å². The largest absolute Gasteiger partial charge is 0.360 e. The van der Waals surface area contributed by atoms with Gasteiger partial charge >= 0.3 is 6.03 Å². The number of benzene rings is 1. The lowest BCUT2D eigenvalue weighted by Gasteiger charge is -2.19. The summed E-state index contributed by atoms with van der Waals surface area (Å²) in [5.74, 6) is 1.12. The Morgan fingerprint density at radius 1 is 1.26 bits per heavy atom. The van der Waals surface area contributed by atoms with Crippen molar-refractivity contribution in [2.45, 2.75) is 26.7 Å². The fraction of sp³-hybridized carbons (Fsp3) is 0.312. The molecule has 1 fully saturated rings. The SMILES string of the molecule is Cc1cc(NC(=O)Nc2ccc(N3CCCC3=O)c(C)c2)no1. The zero-order valence-corrected chi connectivity index (χ0v) is 13.0. The fourth-order valence-corrected chi connectivity index (χ4v) is 2.64. The predicted octanol–water partition coefficient (Wildman–Crippen LogP) is 3.06. The molecule has 3 amide bonds. The number of carbonyl (C=O) groups excluding carboxylic acids is 2. The van der Waals surface area contributed by atoms with Gasteiger partial charge in [0.15, 0.2) is 5.82 Å².